The van der Waals surface area contributed by atoms with Crippen LogP contribution in [0.4, 0.5) is 9.18 Å². The summed E-state index contributed by atoms with van der Waals surface area (Å²) < 4.78 is 18.5. The van der Waals surface area contributed by atoms with Gasteiger partial charge in [-0.25, -0.2) is 9.18 Å². The average Bonchev–Trinajstić information content (AvgIpc) is 3.11. The van der Waals surface area contributed by atoms with E-state index in [9.17, 15) is 14.0 Å². The van der Waals surface area contributed by atoms with Crippen molar-refractivity contribution in [2.24, 2.45) is 0 Å². The van der Waals surface area contributed by atoms with Crippen molar-refractivity contribution in [2.45, 2.75) is 44.7 Å². The highest BCUT2D eigenvalue weighted by Gasteiger charge is 2.49. The average molecular weight is 343 g/mol. The third-order valence-electron chi connectivity index (χ3n) is 5.04. The Morgan fingerprint density at radius 3 is 2.72 bits per heavy atom. The fourth-order valence-electron chi connectivity index (χ4n) is 3.54. The maximum atomic E-state index is 13.2. The molecule has 1 aliphatic heterocycles. The molecule has 1 aromatic heterocycles. The minimum Gasteiger partial charge on any atom is -0.361 e. The van der Waals surface area contributed by atoms with E-state index in [0.29, 0.717) is 11.3 Å². The summed E-state index contributed by atoms with van der Waals surface area (Å²) in [5, 5.41) is 6.78. The maximum Gasteiger partial charge on any atom is 0.325 e. The number of carbonyl (C=O) groups is 2. The predicted molar refractivity (Wildman–Crippen MR) is 86.0 cm³/mol. The monoisotopic (exact) mass is 343 g/mol. The smallest absolute Gasteiger partial charge is 0.325 e. The molecular formula is C18H18FN3O3. The fourth-order valence-corrected chi connectivity index (χ4v) is 3.54. The maximum absolute atomic E-state index is 13.2. The number of carbonyl (C=O) groups excluding carboxylic acids is 2. The zero-order valence-electron chi connectivity index (χ0n) is 13.8. The molecule has 25 heavy (non-hydrogen) atoms. The van der Waals surface area contributed by atoms with Gasteiger partial charge in [-0.15, -0.1) is 0 Å². The highest BCUT2D eigenvalue weighted by atomic mass is 19.1. The summed E-state index contributed by atoms with van der Waals surface area (Å²) >= 11 is 0. The Hall–Kier alpha value is -2.70. The van der Waals surface area contributed by atoms with E-state index in [1.807, 2.05) is 0 Å². The van der Waals surface area contributed by atoms with Gasteiger partial charge in [0, 0.05) is 12.0 Å². The number of nitrogens with one attached hydrogen (secondary N) is 1. The number of nitrogens with zero attached hydrogens (tertiary/aromatic N) is 2. The van der Waals surface area contributed by atoms with Gasteiger partial charge in [0.2, 0.25) is 0 Å². The van der Waals surface area contributed by atoms with E-state index >= 15 is 0 Å². The Kier molecular flexibility index (Phi) is 3.59. The van der Waals surface area contributed by atoms with Gasteiger partial charge in [0.25, 0.3) is 5.91 Å². The summed E-state index contributed by atoms with van der Waals surface area (Å²) in [5.74, 6) is 0.0847. The van der Waals surface area contributed by atoms with Crippen molar-refractivity contribution in [3.63, 3.8) is 0 Å². The number of aryl methyl sites for hydroxylation is 1. The number of aromatic nitrogens is 1. The molecule has 130 valence electrons. The number of hydrogen-bond acceptors (Lipinski definition) is 4. The molecule has 2 aromatic rings. The Morgan fingerprint density at radius 2 is 1.96 bits per heavy atom. The molecule has 0 saturated carbocycles. The van der Waals surface area contributed by atoms with Gasteiger partial charge in [-0.05, 0) is 43.9 Å². The lowest BCUT2D eigenvalue weighted by Gasteiger charge is -2.22. The first-order chi connectivity index (χ1) is 12.0. The lowest BCUT2D eigenvalue weighted by Crippen LogP contribution is -2.40. The molecule has 1 aliphatic carbocycles. The van der Waals surface area contributed by atoms with E-state index < -0.39 is 17.4 Å². The second-order valence-electron chi connectivity index (χ2n) is 6.69. The molecule has 1 fully saturated rings. The van der Waals surface area contributed by atoms with Crippen molar-refractivity contribution in [1.29, 1.82) is 0 Å². The number of halogens is 1. The second kappa shape index (κ2) is 5.68. The van der Waals surface area contributed by atoms with E-state index in [1.54, 1.807) is 6.92 Å². The minimum absolute atomic E-state index is 0.0836. The van der Waals surface area contributed by atoms with E-state index in [2.05, 4.69) is 10.5 Å². The van der Waals surface area contributed by atoms with Crippen LogP contribution in [0.15, 0.2) is 28.8 Å². The molecule has 1 aromatic carbocycles. The van der Waals surface area contributed by atoms with E-state index in [1.165, 1.54) is 24.3 Å². The zero-order chi connectivity index (χ0) is 17.6. The minimum atomic E-state index is -1.21. The number of rotatable bonds is 3. The number of amides is 3. The van der Waals surface area contributed by atoms with Crippen LogP contribution < -0.4 is 5.32 Å². The first-order valence-electron chi connectivity index (χ1n) is 8.35. The SMILES string of the molecule is CC1(c2ccc(F)cc2)NC(=O)N(Cc2noc3c2CCCC3)C1=O. The summed E-state index contributed by atoms with van der Waals surface area (Å²) in [4.78, 5) is 26.5. The van der Waals surface area contributed by atoms with Crippen molar-refractivity contribution in [1.82, 2.24) is 15.4 Å². The van der Waals surface area contributed by atoms with E-state index in [4.69, 9.17) is 4.52 Å². The van der Waals surface area contributed by atoms with Crippen molar-refractivity contribution in [2.75, 3.05) is 0 Å². The van der Waals surface area contributed by atoms with Gasteiger partial charge in [-0.1, -0.05) is 17.3 Å². The normalized spacial score (nSPS) is 22.9. The standard InChI is InChI=1S/C18H18FN3O3/c1-18(11-6-8-12(19)9-7-11)16(23)22(17(24)20-18)10-14-13-4-2-3-5-15(13)25-21-14/h6-9H,2-5,10H2,1H3,(H,20,24). The Labute approximate surface area is 144 Å². The largest absolute Gasteiger partial charge is 0.361 e. The molecule has 1 atom stereocenters. The van der Waals surface area contributed by atoms with Crippen molar-refractivity contribution >= 4 is 11.9 Å². The Morgan fingerprint density at radius 1 is 1.24 bits per heavy atom. The molecule has 3 amide bonds. The third-order valence-corrected chi connectivity index (χ3v) is 5.04. The van der Waals surface area contributed by atoms with Crippen LogP contribution in [0.25, 0.3) is 0 Å². The molecule has 0 bridgehead atoms. The van der Waals surface area contributed by atoms with Crippen LogP contribution in [0.1, 0.15) is 42.3 Å². The Balaban J connectivity index is 1.61. The van der Waals surface area contributed by atoms with E-state index in [-0.39, 0.29) is 12.5 Å². The summed E-state index contributed by atoms with van der Waals surface area (Å²) in [7, 11) is 0. The molecule has 1 saturated heterocycles. The van der Waals surface area contributed by atoms with Gasteiger partial charge in [0.1, 0.15) is 22.8 Å². The van der Waals surface area contributed by atoms with Gasteiger partial charge < -0.3 is 9.84 Å². The summed E-state index contributed by atoms with van der Waals surface area (Å²) in [6.45, 7) is 1.71. The van der Waals surface area contributed by atoms with Crippen molar-refractivity contribution < 1.29 is 18.5 Å². The summed E-state index contributed by atoms with van der Waals surface area (Å²) in [5.41, 5.74) is 0.981. The molecule has 4 rings (SSSR count). The topological polar surface area (TPSA) is 75.4 Å². The van der Waals surface area contributed by atoms with Crippen LogP contribution in [0.3, 0.4) is 0 Å². The molecule has 7 heteroatoms. The summed E-state index contributed by atoms with van der Waals surface area (Å²) in [6, 6.07) is 5.08. The molecule has 2 aliphatic rings. The van der Waals surface area contributed by atoms with E-state index in [0.717, 1.165) is 41.9 Å². The van der Waals surface area contributed by atoms with Gasteiger partial charge in [-0.2, -0.15) is 0 Å². The predicted octanol–water partition coefficient (Wildman–Crippen LogP) is 2.66. The summed E-state index contributed by atoms with van der Waals surface area (Å²) in [6.07, 6.45) is 3.81. The number of imide groups is 1. The number of fused-ring (bicyclic) bond motifs is 1. The third kappa shape index (κ3) is 2.50. The van der Waals surface area contributed by atoms with Crippen molar-refractivity contribution in [3.05, 3.63) is 52.7 Å². The Bertz CT molecular complexity index is 846. The first kappa shape index (κ1) is 15.8. The number of benzene rings is 1. The molecule has 1 N–H and O–H groups in total. The van der Waals surface area contributed by atoms with Crippen molar-refractivity contribution in [3.8, 4) is 0 Å². The van der Waals surface area contributed by atoms with Crippen LogP contribution in [-0.2, 0) is 29.7 Å². The zero-order valence-corrected chi connectivity index (χ0v) is 13.8. The highest BCUT2D eigenvalue weighted by Crippen LogP contribution is 2.31. The van der Waals surface area contributed by atoms with Gasteiger partial charge in [0.05, 0.1) is 6.54 Å². The molecule has 6 nitrogen and oxygen atoms in total. The number of hydrogen-bond donors (Lipinski definition) is 1. The molecule has 0 spiro atoms. The highest BCUT2D eigenvalue weighted by molar-refractivity contribution is 6.07. The van der Waals surface area contributed by atoms with Crippen LogP contribution in [0, 0.1) is 5.82 Å². The molecule has 1 unspecified atom stereocenters. The lowest BCUT2D eigenvalue weighted by molar-refractivity contribution is -0.131. The van der Waals surface area contributed by atoms with Gasteiger partial charge in [0.15, 0.2) is 0 Å². The van der Waals surface area contributed by atoms with Gasteiger partial charge >= 0.3 is 6.03 Å². The fraction of sp³-hybridized carbons (Fsp3) is 0.389. The van der Waals surface area contributed by atoms with Crippen LogP contribution in [-0.4, -0.2) is 22.0 Å². The first-order valence-corrected chi connectivity index (χ1v) is 8.35. The lowest BCUT2D eigenvalue weighted by atomic mass is 9.92. The van der Waals surface area contributed by atoms with Crippen LogP contribution >= 0.6 is 0 Å². The van der Waals surface area contributed by atoms with Crippen LogP contribution in [0.5, 0.6) is 0 Å². The second-order valence-corrected chi connectivity index (χ2v) is 6.69. The quantitative estimate of drug-likeness (QED) is 0.870. The van der Waals surface area contributed by atoms with Crippen LogP contribution in [0.2, 0.25) is 0 Å². The molecular weight excluding hydrogens is 325 g/mol. The van der Waals surface area contributed by atoms with Gasteiger partial charge in [-0.3, -0.25) is 9.69 Å². The number of urea groups is 1. The molecule has 0 radical (unpaired) electrons. The molecule has 2 heterocycles.